The van der Waals surface area contributed by atoms with E-state index < -0.39 is 29.5 Å². The number of carbonyl (C=O) groups excluding carboxylic acids is 1. The smallest absolute Gasteiger partial charge is 0.479 e. The van der Waals surface area contributed by atoms with Crippen LogP contribution in [0.2, 0.25) is 5.02 Å². The second kappa shape index (κ2) is 7.69. The van der Waals surface area contributed by atoms with Gasteiger partial charge in [-0.1, -0.05) is 30.9 Å². The van der Waals surface area contributed by atoms with E-state index in [-0.39, 0.29) is 29.1 Å². The number of carbonyl (C=O) groups is 2. The molecule has 5 nitrogen and oxygen atoms in total. The zero-order valence-electron chi connectivity index (χ0n) is 14.4. The number of halogens is 4. The molecule has 9 heteroatoms. The normalized spacial score (nSPS) is 16.3. The third-order valence-corrected chi connectivity index (χ3v) is 5.09. The van der Waals surface area contributed by atoms with E-state index in [0.717, 1.165) is 23.5 Å². The Labute approximate surface area is 159 Å². The molecule has 146 valence electrons. The minimum absolute atomic E-state index is 0.0433. The maximum atomic E-state index is 12.5. The predicted octanol–water partition coefficient (Wildman–Crippen LogP) is 4.30. The molecule has 0 bridgehead atoms. The Balaban J connectivity index is 2.62. The highest BCUT2D eigenvalue weighted by Gasteiger charge is 2.48. The standard InChI is InChI=1S/C18H17ClF3NO4/c1-3-14(24)23(17(16(25)26)9-5-4-6-10-17)12-7-8-13(15(19)11(12)2)27-18(20,21)22/h1,7-8H,4-6,9-10H2,2H3,(H,25,26). The number of amides is 1. The topological polar surface area (TPSA) is 66.8 Å². The highest BCUT2D eigenvalue weighted by Crippen LogP contribution is 2.43. The van der Waals surface area contributed by atoms with Crippen LogP contribution in [-0.2, 0) is 9.59 Å². The molecule has 0 atom stereocenters. The molecule has 1 aromatic rings. The summed E-state index contributed by atoms with van der Waals surface area (Å²) in [4.78, 5) is 25.5. The van der Waals surface area contributed by atoms with Crippen molar-refractivity contribution in [1.82, 2.24) is 0 Å². The summed E-state index contributed by atoms with van der Waals surface area (Å²) in [5.41, 5.74) is -1.47. The zero-order valence-corrected chi connectivity index (χ0v) is 15.2. The molecule has 0 aromatic heterocycles. The van der Waals surface area contributed by atoms with Crippen molar-refractivity contribution in [3.05, 3.63) is 22.7 Å². The number of carboxylic acids is 1. The van der Waals surface area contributed by atoms with Crippen LogP contribution >= 0.6 is 11.6 Å². The summed E-state index contributed by atoms with van der Waals surface area (Å²) in [5.74, 6) is -0.862. The first-order valence-electron chi connectivity index (χ1n) is 8.12. The number of anilines is 1. The Bertz CT molecular complexity index is 795. The molecule has 1 amide bonds. The first-order valence-corrected chi connectivity index (χ1v) is 8.50. The van der Waals surface area contributed by atoms with Gasteiger partial charge in [0.1, 0.15) is 11.3 Å². The van der Waals surface area contributed by atoms with Gasteiger partial charge in [0.2, 0.25) is 0 Å². The van der Waals surface area contributed by atoms with Gasteiger partial charge in [-0.2, -0.15) is 0 Å². The van der Waals surface area contributed by atoms with Crippen LogP contribution in [0.25, 0.3) is 0 Å². The fourth-order valence-electron chi connectivity index (χ4n) is 3.36. The number of terminal acetylenes is 1. The van der Waals surface area contributed by atoms with E-state index in [2.05, 4.69) is 4.74 Å². The van der Waals surface area contributed by atoms with Crippen molar-refractivity contribution in [2.45, 2.75) is 50.9 Å². The lowest BCUT2D eigenvalue weighted by Crippen LogP contribution is -2.58. The Kier molecular flexibility index (Phi) is 5.95. The SMILES string of the molecule is C#CC(=O)N(c1ccc(OC(F)(F)F)c(Cl)c1C)C1(C(=O)O)CCCCC1. The Morgan fingerprint density at radius 2 is 1.89 bits per heavy atom. The summed E-state index contributed by atoms with van der Waals surface area (Å²) >= 11 is 6.00. The van der Waals surface area contributed by atoms with Crippen LogP contribution in [-0.4, -0.2) is 28.9 Å². The first kappa shape index (κ1) is 20.9. The molecule has 0 unspecified atom stereocenters. The largest absolute Gasteiger partial charge is 0.573 e. The van der Waals surface area contributed by atoms with Gasteiger partial charge in [-0.3, -0.25) is 9.69 Å². The van der Waals surface area contributed by atoms with Gasteiger partial charge < -0.3 is 9.84 Å². The Morgan fingerprint density at radius 1 is 1.30 bits per heavy atom. The highest BCUT2D eigenvalue weighted by atomic mass is 35.5. The summed E-state index contributed by atoms with van der Waals surface area (Å²) in [7, 11) is 0. The van der Waals surface area contributed by atoms with Crippen LogP contribution in [0.5, 0.6) is 5.75 Å². The van der Waals surface area contributed by atoms with Gasteiger partial charge >= 0.3 is 18.2 Å². The van der Waals surface area contributed by atoms with Crippen LogP contribution in [0, 0.1) is 19.3 Å². The van der Waals surface area contributed by atoms with Crippen LogP contribution in [0.3, 0.4) is 0 Å². The second-order valence-electron chi connectivity index (χ2n) is 6.25. The van der Waals surface area contributed by atoms with Crippen molar-refractivity contribution < 1.29 is 32.6 Å². The van der Waals surface area contributed by atoms with E-state index >= 15 is 0 Å². The summed E-state index contributed by atoms with van der Waals surface area (Å²) < 4.78 is 41.4. The lowest BCUT2D eigenvalue weighted by molar-refractivity contribution is -0.274. The number of hydrogen-bond acceptors (Lipinski definition) is 3. The molecule has 0 aliphatic heterocycles. The van der Waals surface area contributed by atoms with E-state index in [4.69, 9.17) is 18.0 Å². The fourth-order valence-corrected chi connectivity index (χ4v) is 3.56. The molecular formula is C18H17ClF3NO4. The molecule has 2 rings (SSSR count). The third kappa shape index (κ3) is 4.14. The lowest BCUT2D eigenvalue weighted by atomic mass is 9.79. The monoisotopic (exact) mass is 403 g/mol. The van der Waals surface area contributed by atoms with E-state index in [1.165, 1.54) is 6.92 Å². The van der Waals surface area contributed by atoms with Crippen molar-refractivity contribution in [2.75, 3.05) is 4.90 Å². The molecule has 27 heavy (non-hydrogen) atoms. The predicted molar refractivity (Wildman–Crippen MR) is 92.6 cm³/mol. The highest BCUT2D eigenvalue weighted by molar-refractivity contribution is 6.33. The van der Waals surface area contributed by atoms with Gasteiger partial charge in [0.05, 0.1) is 10.7 Å². The van der Waals surface area contributed by atoms with Crippen molar-refractivity contribution in [3.8, 4) is 18.1 Å². The second-order valence-corrected chi connectivity index (χ2v) is 6.63. The van der Waals surface area contributed by atoms with Gasteiger partial charge in [0.15, 0.2) is 0 Å². The van der Waals surface area contributed by atoms with Gasteiger partial charge in [-0.05, 0) is 43.4 Å². The van der Waals surface area contributed by atoms with Gasteiger partial charge in [-0.25, -0.2) is 4.79 Å². The van der Waals surface area contributed by atoms with Crippen LogP contribution < -0.4 is 9.64 Å². The number of hydrogen-bond donors (Lipinski definition) is 1. The molecule has 1 saturated carbocycles. The lowest BCUT2D eigenvalue weighted by Gasteiger charge is -2.42. The third-order valence-electron chi connectivity index (χ3n) is 4.62. The minimum Gasteiger partial charge on any atom is -0.479 e. The van der Waals surface area contributed by atoms with E-state index in [1.807, 2.05) is 5.92 Å². The molecule has 0 spiro atoms. The van der Waals surface area contributed by atoms with Crippen LogP contribution in [0.15, 0.2) is 12.1 Å². The van der Waals surface area contributed by atoms with E-state index in [1.54, 1.807) is 0 Å². The van der Waals surface area contributed by atoms with Crippen molar-refractivity contribution >= 4 is 29.2 Å². The molecule has 1 N–H and O–H groups in total. The fraction of sp³-hybridized carbons (Fsp3) is 0.444. The Hall–Kier alpha value is -2.40. The van der Waals surface area contributed by atoms with E-state index in [9.17, 15) is 27.9 Å². The Morgan fingerprint density at radius 3 is 2.37 bits per heavy atom. The number of nitrogens with zero attached hydrogens (tertiary/aromatic N) is 1. The average Bonchev–Trinajstić information content (AvgIpc) is 2.60. The van der Waals surface area contributed by atoms with Crippen LogP contribution in [0.4, 0.5) is 18.9 Å². The number of alkyl halides is 3. The molecule has 0 radical (unpaired) electrons. The van der Waals surface area contributed by atoms with Crippen molar-refractivity contribution in [1.29, 1.82) is 0 Å². The number of aliphatic carboxylic acids is 1. The minimum atomic E-state index is -4.95. The molecule has 1 aromatic carbocycles. The number of ether oxygens (including phenoxy) is 1. The summed E-state index contributed by atoms with van der Waals surface area (Å²) in [6.45, 7) is 1.37. The number of benzene rings is 1. The van der Waals surface area contributed by atoms with Crippen molar-refractivity contribution in [2.24, 2.45) is 0 Å². The molecular weight excluding hydrogens is 387 g/mol. The number of carboxylic acid groups (broad SMARTS) is 1. The summed E-state index contributed by atoms with van der Waals surface area (Å²) in [5, 5.41) is 9.48. The molecule has 1 fully saturated rings. The summed E-state index contributed by atoms with van der Waals surface area (Å²) in [6.07, 6.45) is 2.59. The first-order chi connectivity index (χ1) is 12.5. The molecule has 1 aliphatic carbocycles. The van der Waals surface area contributed by atoms with Gasteiger partial charge in [-0.15, -0.1) is 19.6 Å². The number of rotatable bonds is 4. The zero-order chi connectivity index (χ0) is 20.4. The average molecular weight is 404 g/mol. The van der Waals surface area contributed by atoms with Crippen LogP contribution in [0.1, 0.15) is 37.7 Å². The quantitative estimate of drug-likeness (QED) is 0.761. The summed E-state index contributed by atoms with van der Waals surface area (Å²) in [6, 6.07) is 2.10. The van der Waals surface area contributed by atoms with Gasteiger partial charge in [0.25, 0.3) is 0 Å². The molecule has 0 heterocycles. The maximum Gasteiger partial charge on any atom is 0.573 e. The van der Waals surface area contributed by atoms with Gasteiger partial charge in [0, 0.05) is 0 Å². The van der Waals surface area contributed by atoms with Crippen molar-refractivity contribution in [3.63, 3.8) is 0 Å². The van der Waals surface area contributed by atoms with E-state index in [0.29, 0.717) is 12.8 Å². The maximum absolute atomic E-state index is 12.5. The molecule has 0 saturated heterocycles. The molecule has 1 aliphatic rings.